The van der Waals surface area contributed by atoms with Crippen LogP contribution in [0.2, 0.25) is 0 Å². The Morgan fingerprint density at radius 3 is 2.02 bits per heavy atom. The molecule has 3 heterocycles. The van der Waals surface area contributed by atoms with Crippen LogP contribution >= 0.6 is 0 Å². The van der Waals surface area contributed by atoms with Crippen molar-refractivity contribution in [2.24, 2.45) is 5.10 Å². The molecular weight excluding hydrogens is 605 g/mol. The Hall–Kier alpha value is -5.80. The van der Waals surface area contributed by atoms with Crippen LogP contribution in [0.4, 0.5) is 4.39 Å². The van der Waals surface area contributed by atoms with Crippen molar-refractivity contribution in [2.75, 3.05) is 6.54 Å². The number of nitrogens with zero attached hydrogens (tertiary/aromatic N) is 5. The van der Waals surface area contributed by atoms with Crippen molar-refractivity contribution in [1.82, 2.24) is 19.5 Å². The largest absolute Gasteiger partial charge is 0.484 e. The van der Waals surface area contributed by atoms with E-state index >= 15 is 0 Å². The molecule has 0 radical (unpaired) electrons. The lowest BCUT2D eigenvalue weighted by molar-refractivity contribution is 0.0194. The van der Waals surface area contributed by atoms with Gasteiger partial charge in [0.2, 0.25) is 0 Å². The van der Waals surface area contributed by atoms with Gasteiger partial charge >= 0.3 is 0 Å². The number of amides is 1. The van der Waals surface area contributed by atoms with Gasteiger partial charge in [0.1, 0.15) is 17.9 Å². The molecule has 4 aromatic carbocycles. The number of aliphatic hydroxyl groups is 1. The zero-order valence-corrected chi connectivity index (χ0v) is 26.2. The molecule has 1 N–H and O–H groups in total. The van der Waals surface area contributed by atoms with Gasteiger partial charge in [-0.1, -0.05) is 103 Å². The molecule has 0 aliphatic carbocycles. The third-order valence-electron chi connectivity index (χ3n) is 8.28. The highest BCUT2D eigenvalue weighted by Gasteiger charge is 2.36. The van der Waals surface area contributed by atoms with E-state index in [1.807, 2.05) is 108 Å². The molecule has 48 heavy (non-hydrogen) atoms. The minimum Gasteiger partial charge on any atom is -0.484 e. The van der Waals surface area contributed by atoms with Crippen LogP contribution < -0.4 is 10.2 Å². The average molecular weight is 640 g/mol. The summed E-state index contributed by atoms with van der Waals surface area (Å²) in [5.41, 5.74) is 4.77. The van der Waals surface area contributed by atoms with Gasteiger partial charge in [-0.3, -0.25) is 19.4 Å². The monoisotopic (exact) mass is 639 g/mol. The van der Waals surface area contributed by atoms with E-state index in [2.05, 4.69) is 0 Å². The van der Waals surface area contributed by atoms with Crippen molar-refractivity contribution < 1.29 is 19.0 Å². The van der Waals surface area contributed by atoms with E-state index in [-0.39, 0.29) is 42.9 Å². The number of pyridine rings is 2. The maximum atomic E-state index is 14.5. The molecule has 9 heteroatoms. The molecule has 1 unspecified atom stereocenters. The summed E-state index contributed by atoms with van der Waals surface area (Å²) in [6, 6.07) is 39.4. The van der Waals surface area contributed by atoms with Gasteiger partial charge in [-0.05, 0) is 46.5 Å². The van der Waals surface area contributed by atoms with Crippen LogP contribution in [0.3, 0.4) is 0 Å². The average Bonchev–Trinajstić information content (AvgIpc) is 3.12. The molecule has 8 nitrogen and oxygen atoms in total. The number of hydrogen-bond donors (Lipinski definition) is 1. The van der Waals surface area contributed by atoms with Crippen LogP contribution in [0.15, 0.2) is 139 Å². The molecule has 0 spiro atoms. The predicted octanol–water partition coefficient (Wildman–Crippen LogP) is 6.42. The first-order valence-electron chi connectivity index (χ1n) is 15.8. The van der Waals surface area contributed by atoms with Crippen molar-refractivity contribution in [3.8, 4) is 5.75 Å². The van der Waals surface area contributed by atoms with E-state index in [1.165, 1.54) is 12.1 Å². The zero-order chi connectivity index (χ0) is 32.9. The number of rotatable bonds is 10. The number of carbonyl (C=O) groups excluding carboxylic acids is 1. The van der Waals surface area contributed by atoms with Gasteiger partial charge in [-0.2, -0.15) is 5.10 Å². The maximum absolute atomic E-state index is 14.5. The number of fused-ring (bicyclic) bond motifs is 2. The van der Waals surface area contributed by atoms with Crippen LogP contribution in [-0.4, -0.2) is 37.0 Å². The fourth-order valence-electron chi connectivity index (χ4n) is 5.99. The molecular formula is C39H34FN5O3. The summed E-state index contributed by atoms with van der Waals surface area (Å²) in [7, 11) is 0. The lowest BCUT2D eigenvalue weighted by atomic mass is 10.1. The lowest BCUT2D eigenvalue weighted by Gasteiger charge is -2.35. The Kier molecular flexibility index (Phi) is 8.93. The third kappa shape index (κ3) is 6.67. The van der Waals surface area contributed by atoms with E-state index < -0.39 is 6.23 Å². The first kappa shape index (κ1) is 30.8. The number of halogens is 1. The number of carbonyl (C=O) groups is 1. The van der Waals surface area contributed by atoms with Crippen LogP contribution in [0, 0.1) is 5.82 Å². The van der Waals surface area contributed by atoms with Gasteiger partial charge < -0.3 is 14.7 Å². The molecule has 0 saturated carbocycles. The standard InChI is InChI=1S/C39H34FN5O3/c40-32-20-18-30(19-21-32)23-43-26-34(46)45-36(39(43)47)37(48-27-31-15-8-3-9-16-31)35-33(17-10-22-41-35)38(45)42-44(24-28-11-4-1-5-12-28)25-29-13-6-2-7-14-29/h1-22,34,46H,23-27H2/b42-38-. The summed E-state index contributed by atoms with van der Waals surface area (Å²) in [5, 5.41) is 19.6. The summed E-state index contributed by atoms with van der Waals surface area (Å²) in [4.78, 5) is 20.7. The second kappa shape index (κ2) is 13.9. The van der Waals surface area contributed by atoms with E-state index in [4.69, 9.17) is 14.8 Å². The summed E-state index contributed by atoms with van der Waals surface area (Å²) in [6.45, 7) is 1.33. The van der Waals surface area contributed by atoms with Crippen molar-refractivity contribution in [3.05, 3.63) is 173 Å². The topological polar surface area (TPSA) is 83.2 Å². The van der Waals surface area contributed by atoms with Gasteiger partial charge in [-0.25, -0.2) is 4.39 Å². The molecule has 240 valence electrons. The van der Waals surface area contributed by atoms with Gasteiger partial charge in [0.25, 0.3) is 5.91 Å². The predicted molar refractivity (Wildman–Crippen MR) is 181 cm³/mol. The molecule has 0 saturated heterocycles. The lowest BCUT2D eigenvalue weighted by Crippen LogP contribution is -2.48. The highest BCUT2D eigenvalue weighted by molar-refractivity contribution is 6.01. The Morgan fingerprint density at radius 1 is 0.792 bits per heavy atom. The molecule has 0 fully saturated rings. The molecule has 0 bridgehead atoms. The molecule has 1 amide bonds. The number of hydrogen-bond acceptors (Lipinski definition) is 6. The molecule has 1 aliphatic rings. The highest BCUT2D eigenvalue weighted by atomic mass is 19.1. The molecule has 2 aromatic heterocycles. The number of aliphatic hydroxyl groups excluding tert-OH is 1. The quantitative estimate of drug-likeness (QED) is 0.175. The summed E-state index contributed by atoms with van der Waals surface area (Å²) in [6.07, 6.45) is 0.500. The first-order valence-corrected chi connectivity index (χ1v) is 15.8. The summed E-state index contributed by atoms with van der Waals surface area (Å²) in [5.74, 6) is -0.450. The zero-order valence-electron chi connectivity index (χ0n) is 26.2. The SMILES string of the molecule is O=C1c2c(OCc3ccccc3)c3ncccc3/c(=N/N(Cc3ccccc3)Cc3ccccc3)n2C(O)CN1Cc1ccc(F)cc1. The van der Waals surface area contributed by atoms with E-state index in [0.717, 1.165) is 22.3 Å². The fraction of sp³-hybridized carbons (Fsp3) is 0.154. The summed E-state index contributed by atoms with van der Waals surface area (Å²) >= 11 is 0. The Balaban J connectivity index is 1.41. The van der Waals surface area contributed by atoms with Gasteiger partial charge in [0.15, 0.2) is 23.2 Å². The van der Waals surface area contributed by atoms with Crippen molar-refractivity contribution in [3.63, 3.8) is 0 Å². The van der Waals surface area contributed by atoms with Crippen LogP contribution in [0.1, 0.15) is 39.0 Å². The third-order valence-corrected chi connectivity index (χ3v) is 8.28. The second-order valence-corrected chi connectivity index (χ2v) is 11.7. The Bertz CT molecular complexity index is 2050. The number of aromatic nitrogens is 2. The van der Waals surface area contributed by atoms with Crippen molar-refractivity contribution in [1.29, 1.82) is 0 Å². The molecule has 6 aromatic rings. The second-order valence-electron chi connectivity index (χ2n) is 11.7. The fourth-order valence-corrected chi connectivity index (χ4v) is 5.99. The van der Waals surface area contributed by atoms with Crippen molar-refractivity contribution >= 4 is 16.8 Å². The number of ether oxygens (including phenoxy) is 1. The first-order chi connectivity index (χ1) is 23.5. The van der Waals surface area contributed by atoms with Crippen LogP contribution in [0.25, 0.3) is 10.9 Å². The minimum absolute atomic E-state index is 0.00232. The van der Waals surface area contributed by atoms with Gasteiger partial charge in [0, 0.05) is 18.1 Å². The Labute approximate surface area is 277 Å². The normalized spacial score (nSPS) is 14.6. The van der Waals surface area contributed by atoms with Crippen LogP contribution in [-0.2, 0) is 26.2 Å². The smallest absolute Gasteiger partial charge is 0.275 e. The molecule has 1 aliphatic heterocycles. The van der Waals surface area contributed by atoms with E-state index in [1.54, 1.807) is 27.8 Å². The molecule has 1 atom stereocenters. The van der Waals surface area contributed by atoms with Crippen LogP contribution in [0.5, 0.6) is 5.75 Å². The van der Waals surface area contributed by atoms with E-state index in [0.29, 0.717) is 29.5 Å². The number of β-amino-alcohol motifs (C(OH)–C–C–N with tert-alkyl or cyclic N) is 1. The van der Waals surface area contributed by atoms with E-state index in [9.17, 15) is 14.3 Å². The van der Waals surface area contributed by atoms with Crippen molar-refractivity contribution in [2.45, 2.75) is 32.5 Å². The highest BCUT2D eigenvalue weighted by Crippen LogP contribution is 2.33. The minimum atomic E-state index is -1.16. The number of benzene rings is 4. The Morgan fingerprint density at radius 2 is 1.40 bits per heavy atom. The van der Waals surface area contributed by atoms with Gasteiger partial charge in [-0.15, -0.1) is 0 Å². The molecule has 7 rings (SSSR count). The van der Waals surface area contributed by atoms with Gasteiger partial charge in [0.05, 0.1) is 19.6 Å². The summed E-state index contributed by atoms with van der Waals surface area (Å²) < 4.78 is 21.7. The maximum Gasteiger partial charge on any atom is 0.275 e.